The average Bonchev–Trinajstić information content (AvgIpc) is 3.13. The van der Waals surface area contributed by atoms with Gasteiger partial charge in [-0.3, -0.25) is 14.6 Å². The van der Waals surface area contributed by atoms with Gasteiger partial charge < -0.3 is 19.5 Å². The Morgan fingerprint density at radius 3 is 2.50 bits per heavy atom. The van der Waals surface area contributed by atoms with Gasteiger partial charge in [0.15, 0.2) is 11.5 Å². The van der Waals surface area contributed by atoms with E-state index in [9.17, 15) is 14.7 Å². The van der Waals surface area contributed by atoms with Crippen molar-refractivity contribution in [3.8, 4) is 11.5 Å². The molecule has 0 aliphatic carbocycles. The maximum absolute atomic E-state index is 13.3. The van der Waals surface area contributed by atoms with Crippen molar-refractivity contribution in [2.24, 2.45) is 0 Å². The Bertz CT molecular complexity index is 1270. The number of carbonyl (C=O) groups excluding carboxylic acids is 2. The SMILES string of the molecule is CCCOc1ccc(C2/C(=C(\O)c3ccc(Cl)cc3)C(=O)C(=O)N2Cc2cccnc2)cc1OCC. The number of rotatable bonds is 9. The summed E-state index contributed by atoms with van der Waals surface area (Å²) >= 11 is 6.01. The first-order chi connectivity index (χ1) is 17.4. The van der Waals surface area contributed by atoms with E-state index >= 15 is 0 Å². The average molecular weight is 507 g/mol. The van der Waals surface area contributed by atoms with Crippen LogP contribution in [0.5, 0.6) is 11.5 Å². The highest BCUT2D eigenvalue weighted by molar-refractivity contribution is 6.46. The molecular formula is C28H27ClN2O5. The van der Waals surface area contributed by atoms with Gasteiger partial charge in [-0.15, -0.1) is 0 Å². The zero-order valence-electron chi connectivity index (χ0n) is 20.1. The highest BCUT2D eigenvalue weighted by atomic mass is 35.5. The highest BCUT2D eigenvalue weighted by Crippen LogP contribution is 2.42. The summed E-state index contributed by atoms with van der Waals surface area (Å²) in [6, 6.07) is 14.5. The Morgan fingerprint density at radius 2 is 1.83 bits per heavy atom. The van der Waals surface area contributed by atoms with Gasteiger partial charge in [0.2, 0.25) is 0 Å². The number of ether oxygens (including phenoxy) is 2. The van der Waals surface area contributed by atoms with Crippen molar-refractivity contribution < 1.29 is 24.2 Å². The molecule has 36 heavy (non-hydrogen) atoms. The number of carbonyl (C=O) groups is 2. The zero-order chi connectivity index (χ0) is 25.7. The Hall–Kier alpha value is -3.84. The van der Waals surface area contributed by atoms with Crippen LogP contribution in [0.3, 0.4) is 0 Å². The number of amides is 1. The lowest BCUT2D eigenvalue weighted by molar-refractivity contribution is -0.140. The summed E-state index contributed by atoms with van der Waals surface area (Å²) in [5, 5.41) is 11.7. The van der Waals surface area contributed by atoms with Crippen LogP contribution in [-0.4, -0.2) is 39.9 Å². The molecule has 0 spiro atoms. The maximum atomic E-state index is 13.3. The lowest BCUT2D eigenvalue weighted by Gasteiger charge is -2.26. The van der Waals surface area contributed by atoms with E-state index < -0.39 is 17.7 Å². The van der Waals surface area contributed by atoms with Crippen LogP contribution in [0.25, 0.3) is 5.76 Å². The molecule has 4 rings (SSSR count). The summed E-state index contributed by atoms with van der Waals surface area (Å²) in [5.41, 5.74) is 1.75. The first-order valence-electron chi connectivity index (χ1n) is 11.8. The smallest absolute Gasteiger partial charge is 0.295 e. The normalized spacial score (nSPS) is 16.9. The third-order valence-electron chi connectivity index (χ3n) is 5.78. The summed E-state index contributed by atoms with van der Waals surface area (Å²) in [7, 11) is 0. The second-order valence-electron chi connectivity index (χ2n) is 8.28. The van der Waals surface area contributed by atoms with E-state index in [0.29, 0.717) is 40.9 Å². The summed E-state index contributed by atoms with van der Waals surface area (Å²) in [5.74, 6) is -0.663. The molecule has 1 aromatic heterocycles. The Balaban J connectivity index is 1.86. The van der Waals surface area contributed by atoms with Gasteiger partial charge in [-0.25, -0.2) is 0 Å². The topological polar surface area (TPSA) is 89.0 Å². The molecule has 1 aliphatic rings. The van der Waals surface area contributed by atoms with Crippen molar-refractivity contribution in [3.05, 3.63) is 94.3 Å². The van der Waals surface area contributed by atoms with E-state index in [1.165, 1.54) is 4.90 Å². The van der Waals surface area contributed by atoms with Crippen molar-refractivity contribution in [2.45, 2.75) is 32.9 Å². The molecule has 7 nitrogen and oxygen atoms in total. The number of likely N-dealkylation sites (tertiary alicyclic amines) is 1. The van der Waals surface area contributed by atoms with Crippen LogP contribution in [0, 0.1) is 0 Å². The molecule has 1 amide bonds. The fourth-order valence-electron chi connectivity index (χ4n) is 4.14. The molecule has 2 heterocycles. The number of pyridine rings is 1. The molecular weight excluding hydrogens is 480 g/mol. The largest absolute Gasteiger partial charge is 0.507 e. The molecule has 0 radical (unpaired) electrons. The Morgan fingerprint density at radius 1 is 1.06 bits per heavy atom. The van der Waals surface area contributed by atoms with Crippen molar-refractivity contribution in [3.63, 3.8) is 0 Å². The monoisotopic (exact) mass is 506 g/mol. The molecule has 1 atom stereocenters. The highest BCUT2D eigenvalue weighted by Gasteiger charge is 2.46. The number of Topliss-reactive ketones (excluding diaryl/α,β-unsaturated/α-hetero) is 1. The molecule has 0 saturated carbocycles. The first kappa shape index (κ1) is 25.3. The number of halogens is 1. The molecule has 1 unspecified atom stereocenters. The molecule has 2 aromatic carbocycles. The second-order valence-corrected chi connectivity index (χ2v) is 8.72. The predicted octanol–water partition coefficient (Wildman–Crippen LogP) is 5.54. The summed E-state index contributed by atoms with van der Waals surface area (Å²) < 4.78 is 11.6. The number of hydrogen-bond donors (Lipinski definition) is 1. The first-order valence-corrected chi connectivity index (χ1v) is 12.1. The molecule has 186 valence electrons. The van der Waals surface area contributed by atoms with Gasteiger partial charge in [0.25, 0.3) is 11.7 Å². The number of ketones is 1. The Kier molecular flexibility index (Phi) is 7.90. The van der Waals surface area contributed by atoms with Crippen molar-refractivity contribution in [1.82, 2.24) is 9.88 Å². The molecule has 1 aliphatic heterocycles. The van der Waals surface area contributed by atoms with Gasteiger partial charge in [-0.2, -0.15) is 0 Å². The van der Waals surface area contributed by atoms with E-state index in [0.717, 1.165) is 12.0 Å². The number of aliphatic hydroxyl groups is 1. The van der Waals surface area contributed by atoms with Crippen LogP contribution >= 0.6 is 11.6 Å². The molecule has 8 heteroatoms. The van der Waals surface area contributed by atoms with Crippen LogP contribution in [-0.2, 0) is 16.1 Å². The maximum Gasteiger partial charge on any atom is 0.295 e. The number of aromatic nitrogens is 1. The molecule has 0 bridgehead atoms. The third-order valence-corrected chi connectivity index (χ3v) is 6.03. The summed E-state index contributed by atoms with van der Waals surface area (Å²) in [6.45, 7) is 4.95. The Labute approximate surface area is 214 Å². The van der Waals surface area contributed by atoms with Crippen molar-refractivity contribution >= 4 is 29.1 Å². The van der Waals surface area contributed by atoms with Crippen LogP contribution in [0.2, 0.25) is 5.02 Å². The lowest BCUT2D eigenvalue weighted by Crippen LogP contribution is -2.29. The van der Waals surface area contributed by atoms with Gasteiger partial charge >= 0.3 is 0 Å². The lowest BCUT2D eigenvalue weighted by atomic mass is 9.95. The molecule has 1 N–H and O–H groups in total. The van der Waals surface area contributed by atoms with E-state index in [4.69, 9.17) is 21.1 Å². The predicted molar refractivity (Wildman–Crippen MR) is 137 cm³/mol. The summed E-state index contributed by atoms with van der Waals surface area (Å²) in [6.07, 6.45) is 4.11. The van der Waals surface area contributed by atoms with E-state index in [2.05, 4.69) is 4.98 Å². The van der Waals surface area contributed by atoms with Crippen LogP contribution < -0.4 is 9.47 Å². The second kappa shape index (κ2) is 11.3. The fraction of sp³-hybridized carbons (Fsp3) is 0.250. The van der Waals surface area contributed by atoms with Gasteiger partial charge in [-0.05, 0) is 66.9 Å². The number of benzene rings is 2. The van der Waals surface area contributed by atoms with Crippen LogP contribution in [0.4, 0.5) is 0 Å². The van der Waals surface area contributed by atoms with E-state index in [-0.39, 0.29) is 17.9 Å². The minimum absolute atomic E-state index is 0.00381. The summed E-state index contributed by atoms with van der Waals surface area (Å²) in [4.78, 5) is 32.1. The fourth-order valence-corrected chi connectivity index (χ4v) is 4.26. The number of aliphatic hydroxyl groups excluding tert-OH is 1. The van der Waals surface area contributed by atoms with Gasteiger partial charge in [-0.1, -0.05) is 30.7 Å². The minimum atomic E-state index is -0.847. The van der Waals surface area contributed by atoms with Crippen molar-refractivity contribution in [1.29, 1.82) is 0 Å². The van der Waals surface area contributed by atoms with Crippen molar-refractivity contribution in [2.75, 3.05) is 13.2 Å². The quantitative estimate of drug-likeness (QED) is 0.233. The third kappa shape index (κ3) is 5.21. The van der Waals surface area contributed by atoms with Gasteiger partial charge in [0.1, 0.15) is 5.76 Å². The number of nitrogens with zero attached hydrogens (tertiary/aromatic N) is 2. The molecule has 1 fully saturated rings. The van der Waals surface area contributed by atoms with Gasteiger partial charge in [0.05, 0.1) is 24.8 Å². The molecule has 3 aromatic rings. The van der Waals surface area contributed by atoms with Gasteiger partial charge in [0, 0.05) is 29.5 Å². The van der Waals surface area contributed by atoms with E-state index in [1.54, 1.807) is 60.9 Å². The van der Waals surface area contributed by atoms with Crippen LogP contribution in [0.15, 0.2) is 72.6 Å². The zero-order valence-corrected chi connectivity index (χ0v) is 20.9. The molecule has 1 saturated heterocycles. The van der Waals surface area contributed by atoms with Crippen LogP contribution in [0.1, 0.15) is 43.0 Å². The standard InChI is InChI=1S/C28H27ClN2O5/c1-3-14-36-22-12-9-20(15-23(22)35-4-2)25-24(26(32)19-7-10-21(29)11-8-19)27(33)28(34)31(25)17-18-6-5-13-30-16-18/h5-13,15-16,25,32H,3-4,14,17H2,1-2H3/b26-24+. The minimum Gasteiger partial charge on any atom is -0.507 e. The number of hydrogen-bond acceptors (Lipinski definition) is 6. The van der Waals surface area contributed by atoms with E-state index in [1.807, 2.05) is 19.9 Å².